The summed E-state index contributed by atoms with van der Waals surface area (Å²) in [6.45, 7) is 1.41. The fourth-order valence-corrected chi connectivity index (χ4v) is 2.09. The second kappa shape index (κ2) is 5.60. The number of carbonyl (C=O) groups excluding carboxylic acids is 1. The predicted molar refractivity (Wildman–Crippen MR) is 79.0 cm³/mol. The molecule has 0 radical (unpaired) electrons. The highest BCUT2D eigenvalue weighted by Crippen LogP contribution is 2.33. The fraction of sp³-hybridized carbons (Fsp3) is 0.118. The van der Waals surface area contributed by atoms with Crippen LogP contribution in [-0.2, 0) is 10.4 Å². The lowest BCUT2D eigenvalue weighted by Crippen LogP contribution is -2.27. The molecule has 3 heteroatoms. The summed E-state index contributed by atoms with van der Waals surface area (Å²) in [5, 5.41) is 13.6. The van der Waals surface area contributed by atoms with Crippen LogP contribution in [-0.4, -0.2) is 11.0 Å². The van der Waals surface area contributed by atoms with E-state index in [1.54, 1.807) is 48.5 Å². The Bertz CT molecular complexity index is 658. The second-order valence-electron chi connectivity index (χ2n) is 4.45. The molecule has 0 aliphatic carbocycles. The van der Waals surface area contributed by atoms with E-state index in [4.69, 9.17) is 6.42 Å². The first-order valence-corrected chi connectivity index (χ1v) is 6.20. The molecule has 0 fully saturated rings. The molecular formula is C17H15NO2. The molecule has 1 unspecified atom stereocenters. The number of aliphatic hydroxyl groups is 1. The van der Waals surface area contributed by atoms with E-state index in [2.05, 4.69) is 11.2 Å². The Balaban J connectivity index is 2.58. The summed E-state index contributed by atoms with van der Waals surface area (Å²) in [7, 11) is 0. The lowest BCUT2D eigenvalue weighted by atomic mass is 9.86. The van der Waals surface area contributed by atoms with Crippen molar-refractivity contribution >= 4 is 11.6 Å². The topological polar surface area (TPSA) is 49.3 Å². The third-order valence-electron chi connectivity index (χ3n) is 3.03. The van der Waals surface area contributed by atoms with Crippen molar-refractivity contribution in [3.63, 3.8) is 0 Å². The van der Waals surface area contributed by atoms with Crippen LogP contribution in [0.5, 0.6) is 0 Å². The second-order valence-corrected chi connectivity index (χ2v) is 4.45. The minimum absolute atomic E-state index is 0.218. The van der Waals surface area contributed by atoms with Crippen LogP contribution in [0.3, 0.4) is 0 Å². The van der Waals surface area contributed by atoms with Gasteiger partial charge < -0.3 is 10.4 Å². The van der Waals surface area contributed by atoms with Crippen LogP contribution in [0.2, 0.25) is 0 Å². The Hall–Kier alpha value is -2.57. The highest BCUT2D eigenvalue weighted by Gasteiger charge is 2.31. The number of para-hydroxylation sites is 1. The van der Waals surface area contributed by atoms with Crippen LogP contribution in [0, 0.1) is 12.3 Å². The van der Waals surface area contributed by atoms with Gasteiger partial charge in [0, 0.05) is 23.7 Å². The summed E-state index contributed by atoms with van der Waals surface area (Å²) >= 11 is 0. The maximum atomic E-state index is 11.3. The first-order chi connectivity index (χ1) is 9.58. The van der Waals surface area contributed by atoms with E-state index in [9.17, 15) is 9.90 Å². The molecule has 1 amide bonds. The van der Waals surface area contributed by atoms with E-state index >= 15 is 0 Å². The van der Waals surface area contributed by atoms with Gasteiger partial charge in [-0.05, 0) is 6.07 Å². The van der Waals surface area contributed by atoms with E-state index in [1.807, 2.05) is 6.07 Å². The number of amides is 1. The number of anilines is 1. The van der Waals surface area contributed by atoms with E-state index in [1.165, 1.54) is 6.92 Å². The van der Waals surface area contributed by atoms with Crippen LogP contribution >= 0.6 is 0 Å². The van der Waals surface area contributed by atoms with Crippen LogP contribution in [0.15, 0.2) is 54.6 Å². The molecule has 0 aromatic heterocycles. The number of hydrogen-bond acceptors (Lipinski definition) is 2. The van der Waals surface area contributed by atoms with E-state index in [0.29, 0.717) is 16.8 Å². The molecule has 2 aromatic rings. The Morgan fingerprint density at radius 2 is 1.75 bits per heavy atom. The molecular weight excluding hydrogens is 250 g/mol. The van der Waals surface area contributed by atoms with Gasteiger partial charge in [0.15, 0.2) is 5.60 Å². The predicted octanol–water partition coefficient (Wildman–Crippen LogP) is 2.51. The number of rotatable bonds is 3. The molecule has 1 atom stereocenters. The Morgan fingerprint density at radius 3 is 2.35 bits per heavy atom. The van der Waals surface area contributed by atoms with Gasteiger partial charge in [-0.1, -0.05) is 54.5 Å². The fourth-order valence-electron chi connectivity index (χ4n) is 2.09. The van der Waals surface area contributed by atoms with Gasteiger partial charge >= 0.3 is 0 Å². The molecule has 0 spiro atoms. The highest BCUT2D eigenvalue weighted by atomic mass is 16.3. The van der Waals surface area contributed by atoms with E-state index in [0.717, 1.165) is 0 Å². The Labute approximate surface area is 118 Å². The third kappa shape index (κ3) is 2.56. The van der Waals surface area contributed by atoms with Crippen molar-refractivity contribution < 1.29 is 9.90 Å². The highest BCUT2D eigenvalue weighted by molar-refractivity contribution is 5.90. The van der Waals surface area contributed by atoms with Gasteiger partial charge in [0.2, 0.25) is 5.91 Å². The monoisotopic (exact) mass is 265 g/mol. The molecule has 2 N–H and O–H groups in total. The van der Waals surface area contributed by atoms with Crippen molar-refractivity contribution in [2.75, 3.05) is 5.32 Å². The maximum Gasteiger partial charge on any atom is 0.221 e. The molecule has 3 nitrogen and oxygen atoms in total. The van der Waals surface area contributed by atoms with Crippen LogP contribution < -0.4 is 5.32 Å². The van der Waals surface area contributed by atoms with Crippen molar-refractivity contribution in [3.05, 3.63) is 65.7 Å². The summed E-state index contributed by atoms with van der Waals surface area (Å²) in [5.41, 5.74) is -0.0196. The van der Waals surface area contributed by atoms with Crippen LogP contribution in [0.4, 0.5) is 5.69 Å². The molecule has 2 aromatic carbocycles. The normalized spacial score (nSPS) is 13.1. The van der Waals surface area contributed by atoms with E-state index < -0.39 is 5.60 Å². The lowest BCUT2D eigenvalue weighted by Gasteiger charge is -2.25. The molecule has 0 saturated carbocycles. The van der Waals surface area contributed by atoms with Gasteiger partial charge in [0.05, 0.1) is 0 Å². The van der Waals surface area contributed by atoms with Crippen LogP contribution in [0.1, 0.15) is 18.1 Å². The molecule has 0 heterocycles. The van der Waals surface area contributed by atoms with E-state index in [-0.39, 0.29) is 5.91 Å². The van der Waals surface area contributed by atoms with Gasteiger partial charge in [-0.2, -0.15) is 0 Å². The number of terminal acetylenes is 1. The zero-order valence-electron chi connectivity index (χ0n) is 11.1. The molecule has 2 rings (SSSR count). The van der Waals surface area contributed by atoms with Crippen molar-refractivity contribution in [2.24, 2.45) is 0 Å². The summed E-state index contributed by atoms with van der Waals surface area (Å²) in [6.07, 6.45) is 5.56. The summed E-state index contributed by atoms with van der Waals surface area (Å²) in [6, 6.07) is 15.9. The minimum atomic E-state index is -1.58. The Morgan fingerprint density at radius 1 is 1.15 bits per heavy atom. The lowest BCUT2D eigenvalue weighted by molar-refractivity contribution is -0.114. The third-order valence-corrected chi connectivity index (χ3v) is 3.03. The molecule has 0 bridgehead atoms. The summed E-state index contributed by atoms with van der Waals surface area (Å²) in [4.78, 5) is 11.3. The number of nitrogens with one attached hydrogen (secondary N) is 1. The van der Waals surface area contributed by atoms with Gasteiger partial charge in [0.25, 0.3) is 0 Å². The molecule has 0 saturated heterocycles. The minimum Gasteiger partial charge on any atom is -0.369 e. The Kier molecular flexibility index (Phi) is 3.88. The van der Waals surface area contributed by atoms with Gasteiger partial charge in [-0.15, -0.1) is 6.42 Å². The zero-order valence-corrected chi connectivity index (χ0v) is 11.1. The van der Waals surface area contributed by atoms with Crippen LogP contribution in [0.25, 0.3) is 0 Å². The largest absolute Gasteiger partial charge is 0.369 e. The SMILES string of the molecule is C#CC(O)(c1ccccc1)c1ccccc1NC(C)=O. The van der Waals surface area contributed by atoms with Crippen molar-refractivity contribution in [1.29, 1.82) is 0 Å². The maximum absolute atomic E-state index is 11.3. The van der Waals surface area contributed by atoms with Gasteiger partial charge in [0.1, 0.15) is 0 Å². The average Bonchev–Trinajstić information content (AvgIpc) is 2.47. The number of carbonyl (C=O) groups is 1. The molecule has 100 valence electrons. The summed E-state index contributed by atoms with van der Waals surface area (Å²) in [5.74, 6) is 2.21. The molecule has 20 heavy (non-hydrogen) atoms. The smallest absolute Gasteiger partial charge is 0.221 e. The van der Waals surface area contributed by atoms with Gasteiger partial charge in [-0.3, -0.25) is 4.79 Å². The van der Waals surface area contributed by atoms with Crippen molar-refractivity contribution in [2.45, 2.75) is 12.5 Å². The quantitative estimate of drug-likeness (QED) is 0.838. The average molecular weight is 265 g/mol. The van der Waals surface area contributed by atoms with Gasteiger partial charge in [-0.25, -0.2) is 0 Å². The number of hydrogen-bond donors (Lipinski definition) is 2. The van der Waals surface area contributed by atoms with Crippen molar-refractivity contribution in [3.8, 4) is 12.3 Å². The molecule has 0 aliphatic heterocycles. The first kappa shape index (κ1) is 13.9. The zero-order chi connectivity index (χ0) is 14.6. The molecule has 0 aliphatic rings. The number of benzene rings is 2. The standard InChI is InChI=1S/C17H15NO2/c1-3-17(20,14-9-5-4-6-10-14)15-11-7-8-12-16(15)18-13(2)19/h1,4-12,20H,2H3,(H,18,19). The first-order valence-electron chi connectivity index (χ1n) is 6.20. The van der Waals surface area contributed by atoms with Crippen molar-refractivity contribution in [1.82, 2.24) is 0 Å². The summed E-state index contributed by atoms with van der Waals surface area (Å²) < 4.78 is 0.